The van der Waals surface area contributed by atoms with Crippen molar-refractivity contribution in [3.8, 4) is 0 Å². The molecule has 0 radical (unpaired) electrons. The van der Waals surface area contributed by atoms with Crippen LogP contribution < -0.4 is 10.5 Å². The van der Waals surface area contributed by atoms with Gasteiger partial charge in [0.05, 0.1) is 0 Å². The topological polar surface area (TPSA) is 75.4 Å². The van der Waals surface area contributed by atoms with Crippen molar-refractivity contribution in [1.29, 1.82) is 0 Å². The highest BCUT2D eigenvalue weighted by atomic mass is 32.2. The first kappa shape index (κ1) is 11.3. The predicted molar refractivity (Wildman–Crippen MR) is 58.5 cm³/mol. The molecule has 2 atom stereocenters. The number of rotatable bonds is 2. The maximum Gasteiger partial charge on any atom is 0.277 e. The second-order valence-corrected chi connectivity index (χ2v) is 5.92. The van der Waals surface area contributed by atoms with Crippen molar-refractivity contribution >= 4 is 10.2 Å². The van der Waals surface area contributed by atoms with Crippen LogP contribution in [0.3, 0.4) is 0 Å². The molecule has 0 bridgehead atoms. The van der Waals surface area contributed by atoms with Crippen molar-refractivity contribution in [3.63, 3.8) is 0 Å². The van der Waals surface area contributed by atoms with Gasteiger partial charge in [0.2, 0.25) is 0 Å². The van der Waals surface area contributed by atoms with Crippen LogP contribution in [0.15, 0.2) is 0 Å². The quantitative estimate of drug-likeness (QED) is 0.693. The summed E-state index contributed by atoms with van der Waals surface area (Å²) in [5, 5.41) is 8.61. The van der Waals surface area contributed by atoms with Crippen LogP contribution in [0.4, 0.5) is 0 Å². The molecule has 0 aromatic rings. The van der Waals surface area contributed by atoms with Crippen LogP contribution in [0.25, 0.3) is 0 Å². The lowest BCUT2D eigenvalue weighted by Gasteiger charge is -2.36. The van der Waals surface area contributed by atoms with E-state index in [1.807, 2.05) is 0 Å². The van der Waals surface area contributed by atoms with Crippen molar-refractivity contribution in [2.45, 2.75) is 44.2 Å². The van der Waals surface area contributed by atoms with Gasteiger partial charge >= 0.3 is 0 Å². The van der Waals surface area contributed by atoms with Crippen molar-refractivity contribution in [1.82, 2.24) is 9.62 Å². The molecule has 0 amide bonds. The molecule has 0 aromatic heterocycles. The van der Waals surface area contributed by atoms with Crippen molar-refractivity contribution in [2.24, 2.45) is 5.14 Å². The Bertz CT molecular complexity index is 311. The number of piperidine rings is 1. The van der Waals surface area contributed by atoms with Crippen LogP contribution in [0.2, 0.25) is 0 Å². The Hall–Kier alpha value is -0.170. The minimum Gasteiger partial charge on any atom is -0.312 e. The van der Waals surface area contributed by atoms with Crippen LogP contribution in [0, 0.1) is 0 Å². The molecule has 2 rings (SSSR count). The molecule has 15 heavy (non-hydrogen) atoms. The summed E-state index contributed by atoms with van der Waals surface area (Å²) in [6.45, 7) is 1.58. The molecule has 6 heteroatoms. The van der Waals surface area contributed by atoms with E-state index in [2.05, 4.69) is 5.32 Å². The molecule has 88 valence electrons. The SMILES string of the molecule is NS(=O)(=O)N1CCCCC1C1CCCN1. The van der Waals surface area contributed by atoms with Crippen molar-refractivity contribution in [3.05, 3.63) is 0 Å². The highest BCUT2D eigenvalue weighted by Crippen LogP contribution is 2.25. The number of nitrogens with two attached hydrogens (primary N) is 1. The Morgan fingerprint density at radius 3 is 2.60 bits per heavy atom. The highest BCUT2D eigenvalue weighted by Gasteiger charge is 2.36. The van der Waals surface area contributed by atoms with E-state index >= 15 is 0 Å². The summed E-state index contributed by atoms with van der Waals surface area (Å²) in [5.41, 5.74) is 0. The van der Waals surface area contributed by atoms with E-state index in [1.54, 1.807) is 0 Å². The smallest absolute Gasteiger partial charge is 0.277 e. The molecule has 2 saturated heterocycles. The fourth-order valence-corrected chi connectivity index (χ4v) is 3.70. The van der Waals surface area contributed by atoms with Crippen LogP contribution in [-0.4, -0.2) is 37.9 Å². The third-order valence-corrected chi connectivity index (χ3v) is 4.50. The van der Waals surface area contributed by atoms with Crippen LogP contribution in [0.1, 0.15) is 32.1 Å². The van der Waals surface area contributed by atoms with Gasteiger partial charge in [0.25, 0.3) is 10.2 Å². The molecule has 2 aliphatic rings. The first-order valence-electron chi connectivity index (χ1n) is 5.62. The third-order valence-electron chi connectivity index (χ3n) is 3.39. The lowest BCUT2D eigenvalue weighted by Crippen LogP contribution is -2.54. The van der Waals surface area contributed by atoms with Crippen LogP contribution >= 0.6 is 0 Å². The molecule has 0 saturated carbocycles. The fourth-order valence-electron chi connectivity index (χ4n) is 2.69. The molecule has 0 aliphatic carbocycles. The van der Waals surface area contributed by atoms with E-state index in [-0.39, 0.29) is 6.04 Å². The minimum absolute atomic E-state index is 0.0799. The van der Waals surface area contributed by atoms with E-state index in [1.165, 1.54) is 4.31 Å². The third kappa shape index (κ3) is 2.50. The van der Waals surface area contributed by atoms with E-state index in [0.717, 1.165) is 38.6 Å². The average Bonchev–Trinajstić information content (AvgIpc) is 2.69. The molecule has 2 aliphatic heterocycles. The van der Waals surface area contributed by atoms with Crippen LogP contribution in [0.5, 0.6) is 0 Å². The van der Waals surface area contributed by atoms with E-state index in [4.69, 9.17) is 5.14 Å². The van der Waals surface area contributed by atoms with Gasteiger partial charge in [0, 0.05) is 18.6 Å². The lowest BCUT2D eigenvalue weighted by atomic mass is 9.97. The normalized spacial score (nSPS) is 34.5. The predicted octanol–water partition coefficient (Wildman–Crippen LogP) is -0.204. The molecule has 2 heterocycles. The number of hydrogen-bond acceptors (Lipinski definition) is 3. The van der Waals surface area contributed by atoms with Gasteiger partial charge in [-0.2, -0.15) is 12.7 Å². The molecular formula is C9H19N3O2S. The average molecular weight is 233 g/mol. The molecule has 0 spiro atoms. The van der Waals surface area contributed by atoms with Gasteiger partial charge < -0.3 is 5.32 Å². The summed E-state index contributed by atoms with van der Waals surface area (Å²) in [5.74, 6) is 0. The Morgan fingerprint density at radius 1 is 1.20 bits per heavy atom. The van der Waals surface area contributed by atoms with Gasteiger partial charge in [0.15, 0.2) is 0 Å². The van der Waals surface area contributed by atoms with Crippen molar-refractivity contribution < 1.29 is 8.42 Å². The zero-order valence-corrected chi connectivity index (χ0v) is 9.67. The second-order valence-electron chi connectivity index (χ2n) is 4.42. The molecule has 5 nitrogen and oxygen atoms in total. The van der Waals surface area contributed by atoms with Gasteiger partial charge in [-0.05, 0) is 32.2 Å². The standard InChI is InChI=1S/C9H19N3O2S/c10-15(13,14)12-7-2-1-5-9(12)8-4-3-6-11-8/h8-9,11H,1-7H2,(H2,10,13,14). The maximum absolute atomic E-state index is 11.4. The molecule has 2 unspecified atom stereocenters. The Labute approximate surface area is 91.2 Å². The van der Waals surface area contributed by atoms with Gasteiger partial charge in [-0.25, -0.2) is 5.14 Å². The van der Waals surface area contributed by atoms with E-state index < -0.39 is 10.2 Å². The first-order valence-corrected chi connectivity index (χ1v) is 7.12. The summed E-state index contributed by atoms with van der Waals surface area (Å²) >= 11 is 0. The monoisotopic (exact) mass is 233 g/mol. The summed E-state index contributed by atoms with van der Waals surface area (Å²) in [4.78, 5) is 0. The summed E-state index contributed by atoms with van der Waals surface area (Å²) in [6, 6.07) is 0.389. The number of nitrogens with one attached hydrogen (secondary N) is 1. The number of nitrogens with zero attached hydrogens (tertiary/aromatic N) is 1. The van der Waals surface area contributed by atoms with Gasteiger partial charge in [-0.3, -0.25) is 0 Å². The molecule has 3 N–H and O–H groups in total. The van der Waals surface area contributed by atoms with E-state index in [0.29, 0.717) is 12.6 Å². The highest BCUT2D eigenvalue weighted by molar-refractivity contribution is 7.86. The maximum atomic E-state index is 11.4. The Balaban J connectivity index is 2.12. The second kappa shape index (κ2) is 4.37. The molecular weight excluding hydrogens is 214 g/mol. The number of hydrogen-bond donors (Lipinski definition) is 2. The zero-order chi connectivity index (χ0) is 10.9. The van der Waals surface area contributed by atoms with E-state index in [9.17, 15) is 8.42 Å². The van der Waals surface area contributed by atoms with Crippen LogP contribution in [-0.2, 0) is 10.2 Å². The van der Waals surface area contributed by atoms with Gasteiger partial charge in [-0.15, -0.1) is 0 Å². The molecule has 2 fully saturated rings. The first-order chi connectivity index (χ1) is 7.09. The summed E-state index contributed by atoms with van der Waals surface area (Å²) in [7, 11) is -3.52. The largest absolute Gasteiger partial charge is 0.312 e. The Morgan fingerprint density at radius 2 is 2.00 bits per heavy atom. The Kier molecular flexibility index (Phi) is 3.30. The molecule has 0 aromatic carbocycles. The van der Waals surface area contributed by atoms with Gasteiger partial charge in [-0.1, -0.05) is 6.42 Å². The lowest BCUT2D eigenvalue weighted by molar-refractivity contribution is 0.211. The minimum atomic E-state index is -3.52. The van der Waals surface area contributed by atoms with Gasteiger partial charge in [0.1, 0.15) is 0 Å². The summed E-state index contributed by atoms with van der Waals surface area (Å²) in [6.07, 6.45) is 5.18. The van der Waals surface area contributed by atoms with Crippen molar-refractivity contribution in [2.75, 3.05) is 13.1 Å². The zero-order valence-electron chi connectivity index (χ0n) is 8.85. The fraction of sp³-hybridized carbons (Fsp3) is 1.00. The summed E-state index contributed by atoms with van der Waals surface area (Å²) < 4.78 is 24.3.